The summed E-state index contributed by atoms with van der Waals surface area (Å²) in [5, 5.41) is 0. The van der Waals surface area contributed by atoms with Crippen molar-refractivity contribution in [3.05, 3.63) is 64.2 Å². The van der Waals surface area contributed by atoms with Gasteiger partial charge in [-0.1, -0.05) is 25.1 Å². The number of benzene rings is 2. The van der Waals surface area contributed by atoms with Gasteiger partial charge in [0.05, 0.1) is 10.5 Å². The average molecular weight is 401 g/mol. The number of ketones is 1. The fourth-order valence-corrected chi connectivity index (χ4v) is 4.37. The van der Waals surface area contributed by atoms with Crippen LogP contribution in [0.15, 0.2) is 41.3 Å². The van der Waals surface area contributed by atoms with Crippen LogP contribution in [0.1, 0.15) is 50.8 Å². The van der Waals surface area contributed by atoms with Crippen LogP contribution in [0.5, 0.6) is 0 Å². The Bertz CT molecular complexity index is 1030. The molecule has 7 heteroatoms. The molecule has 0 saturated carbocycles. The van der Waals surface area contributed by atoms with Gasteiger partial charge < -0.3 is 4.74 Å². The van der Waals surface area contributed by atoms with Crippen molar-refractivity contribution in [3.8, 4) is 0 Å². The van der Waals surface area contributed by atoms with Gasteiger partial charge >= 0.3 is 5.97 Å². The third kappa shape index (κ3) is 4.31. The van der Waals surface area contributed by atoms with E-state index in [1.807, 2.05) is 12.1 Å². The number of aryl methyl sites for hydroxylation is 3. The van der Waals surface area contributed by atoms with E-state index >= 15 is 0 Å². The first-order valence-electron chi connectivity index (χ1n) is 9.24. The van der Waals surface area contributed by atoms with Crippen LogP contribution < -0.4 is 4.72 Å². The van der Waals surface area contributed by atoms with Gasteiger partial charge in [-0.3, -0.25) is 4.79 Å². The minimum absolute atomic E-state index is 0.0168. The Balaban J connectivity index is 1.72. The summed E-state index contributed by atoms with van der Waals surface area (Å²) < 4.78 is 31.8. The summed E-state index contributed by atoms with van der Waals surface area (Å²) in [5.74, 6) is -1.00. The molecule has 0 saturated heterocycles. The van der Waals surface area contributed by atoms with Crippen molar-refractivity contribution in [1.29, 1.82) is 0 Å². The lowest BCUT2D eigenvalue weighted by Crippen LogP contribution is -2.23. The number of nitrogens with one attached hydrogen (secondary N) is 1. The molecule has 6 nitrogen and oxygen atoms in total. The standard InChI is InChI=1S/C21H23NO5S/c1-3-22-28(25,26)18-10-7-14(2)19(12-18)21(24)27-13-20(23)17-9-8-15-5-4-6-16(15)11-17/h7-12,22H,3-6,13H2,1-2H3. The number of hydrogen-bond donors (Lipinski definition) is 1. The Hall–Kier alpha value is -2.51. The lowest BCUT2D eigenvalue weighted by Gasteiger charge is -2.10. The van der Waals surface area contributed by atoms with Gasteiger partial charge in [-0.15, -0.1) is 0 Å². The van der Waals surface area contributed by atoms with Gasteiger partial charge in [-0.25, -0.2) is 17.9 Å². The second-order valence-corrected chi connectivity index (χ2v) is 8.58. The largest absolute Gasteiger partial charge is 0.454 e. The fourth-order valence-electron chi connectivity index (χ4n) is 3.30. The molecule has 2 aromatic rings. The Labute approximate surface area is 165 Å². The van der Waals surface area contributed by atoms with E-state index in [-0.39, 0.29) is 29.4 Å². The van der Waals surface area contributed by atoms with Gasteiger partial charge in [0, 0.05) is 12.1 Å². The predicted molar refractivity (Wildman–Crippen MR) is 105 cm³/mol. The Morgan fingerprint density at radius 3 is 2.57 bits per heavy atom. The zero-order valence-corrected chi connectivity index (χ0v) is 16.8. The minimum atomic E-state index is -3.69. The van der Waals surface area contributed by atoms with Gasteiger partial charge in [0.1, 0.15) is 0 Å². The van der Waals surface area contributed by atoms with E-state index in [0.717, 1.165) is 19.3 Å². The average Bonchev–Trinajstić information content (AvgIpc) is 3.13. The van der Waals surface area contributed by atoms with E-state index in [0.29, 0.717) is 11.1 Å². The molecular formula is C21H23NO5S. The molecule has 0 atom stereocenters. The van der Waals surface area contributed by atoms with Gasteiger partial charge in [0.15, 0.2) is 12.4 Å². The quantitative estimate of drug-likeness (QED) is 0.569. The maximum absolute atomic E-state index is 12.4. The van der Waals surface area contributed by atoms with E-state index in [2.05, 4.69) is 4.72 Å². The van der Waals surface area contributed by atoms with E-state index in [1.165, 1.54) is 23.3 Å². The second-order valence-electron chi connectivity index (χ2n) is 6.81. The van der Waals surface area contributed by atoms with Gasteiger partial charge in [0.25, 0.3) is 0 Å². The lowest BCUT2D eigenvalue weighted by molar-refractivity contribution is 0.0473. The molecule has 0 fully saturated rings. The number of rotatable bonds is 7. The Morgan fingerprint density at radius 2 is 1.82 bits per heavy atom. The molecule has 28 heavy (non-hydrogen) atoms. The SMILES string of the molecule is CCNS(=O)(=O)c1ccc(C)c(C(=O)OCC(=O)c2ccc3c(c2)CCC3)c1. The summed E-state index contributed by atoms with van der Waals surface area (Å²) in [5.41, 5.74) is 3.66. The number of fused-ring (bicyclic) bond motifs is 1. The highest BCUT2D eigenvalue weighted by atomic mass is 32.2. The predicted octanol–water partition coefficient (Wildman–Crippen LogP) is 2.82. The Morgan fingerprint density at radius 1 is 1.07 bits per heavy atom. The molecule has 1 aliphatic rings. The van der Waals surface area contributed by atoms with Crippen molar-refractivity contribution in [2.24, 2.45) is 0 Å². The molecule has 0 spiro atoms. The first-order valence-corrected chi connectivity index (χ1v) is 10.7. The third-order valence-corrected chi connectivity index (χ3v) is 6.37. The van der Waals surface area contributed by atoms with Crippen molar-refractivity contribution in [1.82, 2.24) is 4.72 Å². The molecule has 3 rings (SSSR count). The molecule has 2 aromatic carbocycles. The van der Waals surface area contributed by atoms with Crippen LogP contribution in [0.2, 0.25) is 0 Å². The van der Waals surface area contributed by atoms with E-state index in [1.54, 1.807) is 26.0 Å². The molecule has 0 heterocycles. The molecule has 1 N–H and O–H groups in total. The van der Waals surface area contributed by atoms with Crippen LogP contribution in [0.25, 0.3) is 0 Å². The van der Waals surface area contributed by atoms with Gasteiger partial charge in [0.2, 0.25) is 10.0 Å². The monoisotopic (exact) mass is 401 g/mol. The molecule has 0 bridgehead atoms. The van der Waals surface area contributed by atoms with Crippen LogP contribution in [-0.2, 0) is 27.6 Å². The van der Waals surface area contributed by atoms with Crippen LogP contribution in [-0.4, -0.2) is 33.3 Å². The van der Waals surface area contributed by atoms with E-state index < -0.39 is 16.0 Å². The number of hydrogen-bond acceptors (Lipinski definition) is 5. The van der Waals surface area contributed by atoms with Crippen LogP contribution in [0.3, 0.4) is 0 Å². The molecule has 0 unspecified atom stereocenters. The van der Waals surface area contributed by atoms with Crippen molar-refractivity contribution in [2.45, 2.75) is 38.0 Å². The molecule has 0 aliphatic heterocycles. The maximum Gasteiger partial charge on any atom is 0.338 e. The number of sulfonamides is 1. The van der Waals surface area contributed by atoms with Crippen molar-refractivity contribution < 1.29 is 22.7 Å². The van der Waals surface area contributed by atoms with Crippen molar-refractivity contribution in [2.75, 3.05) is 13.2 Å². The number of Topliss-reactive ketones (excluding diaryl/α,β-unsaturated/α-hetero) is 1. The van der Waals surface area contributed by atoms with E-state index in [4.69, 9.17) is 4.74 Å². The smallest absolute Gasteiger partial charge is 0.338 e. The first-order chi connectivity index (χ1) is 13.3. The van der Waals surface area contributed by atoms with Crippen LogP contribution >= 0.6 is 0 Å². The number of ether oxygens (including phenoxy) is 1. The van der Waals surface area contributed by atoms with Crippen molar-refractivity contribution >= 4 is 21.8 Å². The summed E-state index contributed by atoms with van der Waals surface area (Å²) >= 11 is 0. The Kier molecular flexibility index (Phi) is 5.96. The number of carbonyl (C=O) groups is 2. The summed E-state index contributed by atoms with van der Waals surface area (Å²) in [7, 11) is -3.69. The highest BCUT2D eigenvalue weighted by Gasteiger charge is 2.20. The molecule has 0 radical (unpaired) electrons. The number of esters is 1. The molecule has 1 aliphatic carbocycles. The summed E-state index contributed by atoms with van der Waals surface area (Å²) in [4.78, 5) is 24.8. The molecule has 148 valence electrons. The fraction of sp³-hybridized carbons (Fsp3) is 0.333. The van der Waals surface area contributed by atoms with Crippen LogP contribution in [0, 0.1) is 6.92 Å². The normalized spacial score (nSPS) is 13.2. The first kappa shape index (κ1) is 20.2. The second kappa shape index (κ2) is 8.24. The zero-order valence-electron chi connectivity index (χ0n) is 15.9. The van der Waals surface area contributed by atoms with Gasteiger partial charge in [-0.05, 0) is 61.1 Å². The zero-order chi connectivity index (χ0) is 20.3. The molecule has 0 amide bonds. The lowest BCUT2D eigenvalue weighted by atomic mass is 10.0. The minimum Gasteiger partial charge on any atom is -0.454 e. The maximum atomic E-state index is 12.4. The van der Waals surface area contributed by atoms with Crippen molar-refractivity contribution in [3.63, 3.8) is 0 Å². The highest BCUT2D eigenvalue weighted by molar-refractivity contribution is 7.89. The van der Waals surface area contributed by atoms with Gasteiger partial charge in [-0.2, -0.15) is 0 Å². The molecular weight excluding hydrogens is 378 g/mol. The third-order valence-electron chi connectivity index (χ3n) is 4.83. The number of carbonyl (C=O) groups excluding carboxylic acids is 2. The summed E-state index contributed by atoms with van der Waals surface area (Å²) in [6.45, 7) is 3.21. The summed E-state index contributed by atoms with van der Waals surface area (Å²) in [6.07, 6.45) is 3.08. The summed E-state index contributed by atoms with van der Waals surface area (Å²) in [6, 6.07) is 9.83. The highest BCUT2D eigenvalue weighted by Crippen LogP contribution is 2.23. The molecule has 0 aromatic heterocycles. The van der Waals surface area contributed by atoms with Crippen LogP contribution in [0.4, 0.5) is 0 Å². The van der Waals surface area contributed by atoms with E-state index in [9.17, 15) is 18.0 Å². The topological polar surface area (TPSA) is 89.5 Å².